The molecule has 0 saturated heterocycles. The lowest BCUT2D eigenvalue weighted by Crippen LogP contribution is -2.04. The van der Waals surface area contributed by atoms with Gasteiger partial charge in [-0.25, -0.2) is 4.98 Å². The second kappa shape index (κ2) is 3.53. The van der Waals surface area contributed by atoms with E-state index in [0.29, 0.717) is 5.82 Å². The van der Waals surface area contributed by atoms with Gasteiger partial charge in [0.05, 0.1) is 5.69 Å². The van der Waals surface area contributed by atoms with Crippen LogP contribution in [-0.4, -0.2) is 15.0 Å². The first kappa shape index (κ1) is 9.39. The molecule has 0 saturated carbocycles. The first-order valence-electron chi connectivity index (χ1n) is 4.48. The van der Waals surface area contributed by atoms with Gasteiger partial charge in [-0.3, -0.25) is 4.98 Å². The highest BCUT2D eigenvalue weighted by atomic mass is 15.0. The maximum atomic E-state index is 5.71. The van der Waals surface area contributed by atoms with Gasteiger partial charge in [0.2, 0.25) is 5.95 Å². The zero-order valence-corrected chi connectivity index (χ0v) is 8.31. The quantitative estimate of drug-likeness (QED) is 0.718. The number of nitrogens with two attached hydrogens (primary N) is 2. The van der Waals surface area contributed by atoms with Crippen LogP contribution < -0.4 is 11.5 Å². The fraction of sp³-hybridized carbons (Fsp3) is 0.100. The Balaban J connectivity index is 2.63. The average molecular weight is 201 g/mol. The minimum Gasteiger partial charge on any atom is -0.383 e. The summed E-state index contributed by atoms with van der Waals surface area (Å²) in [6.45, 7) is 1.86. The molecule has 0 radical (unpaired) electrons. The van der Waals surface area contributed by atoms with Crippen molar-refractivity contribution in [1.82, 2.24) is 15.0 Å². The maximum absolute atomic E-state index is 5.71. The summed E-state index contributed by atoms with van der Waals surface area (Å²) >= 11 is 0. The SMILES string of the molecule is Cc1c(N)nc(N)nc1-c1cccnc1. The van der Waals surface area contributed by atoms with E-state index in [9.17, 15) is 0 Å². The number of pyridine rings is 1. The molecule has 0 fully saturated rings. The van der Waals surface area contributed by atoms with E-state index in [2.05, 4.69) is 15.0 Å². The van der Waals surface area contributed by atoms with Gasteiger partial charge in [-0.1, -0.05) is 0 Å². The van der Waals surface area contributed by atoms with Crippen LogP contribution in [0.25, 0.3) is 11.3 Å². The van der Waals surface area contributed by atoms with Gasteiger partial charge in [0.1, 0.15) is 5.82 Å². The van der Waals surface area contributed by atoms with Crippen LogP contribution in [0.15, 0.2) is 24.5 Å². The molecule has 0 spiro atoms. The molecule has 2 aromatic rings. The molecule has 0 atom stereocenters. The highest BCUT2D eigenvalue weighted by Crippen LogP contribution is 2.23. The average Bonchev–Trinajstić information content (AvgIpc) is 2.24. The van der Waals surface area contributed by atoms with E-state index >= 15 is 0 Å². The monoisotopic (exact) mass is 201 g/mol. The van der Waals surface area contributed by atoms with Crippen LogP contribution in [0.4, 0.5) is 11.8 Å². The summed E-state index contributed by atoms with van der Waals surface area (Å²) in [5, 5.41) is 0. The number of nitrogen functional groups attached to an aromatic ring is 2. The molecule has 76 valence electrons. The number of aromatic nitrogens is 3. The standard InChI is InChI=1S/C10H11N5/c1-6-8(7-3-2-4-13-5-7)14-10(12)15-9(6)11/h2-5H,1H3,(H4,11,12,14,15). The van der Waals surface area contributed by atoms with Gasteiger partial charge in [-0.05, 0) is 19.1 Å². The smallest absolute Gasteiger partial charge is 0.222 e. The maximum Gasteiger partial charge on any atom is 0.222 e. The van der Waals surface area contributed by atoms with Crippen LogP contribution in [-0.2, 0) is 0 Å². The first-order chi connectivity index (χ1) is 7.18. The number of rotatable bonds is 1. The lowest BCUT2D eigenvalue weighted by Gasteiger charge is -2.07. The Hall–Kier alpha value is -2.17. The Morgan fingerprint density at radius 3 is 2.67 bits per heavy atom. The van der Waals surface area contributed by atoms with Crippen LogP contribution in [0.3, 0.4) is 0 Å². The van der Waals surface area contributed by atoms with E-state index in [-0.39, 0.29) is 5.95 Å². The number of hydrogen-bond acceptors (Lipinski definition) is 5. The lowest BCUT2D eigenvalue weighted by molar-refractivity contribution is 1.15. The van der Waals surface area contributed by atoms with Gasteiger partial charge in [0, 0.05) is 23.5 Å². The second-order valence-corrected chi connectivity index (χ2v) is 3.18. The van der Waals surface area contributed by atoms with Gasteiger partial charge >= 0.3 is 0 Å². The molecule has 0 aliphatic carbocycles. The topological polar surface area (TPSA) is 90.7 Å². The van der Waals surface area contributed by atoms with Crippen molar-refractivity contribution in [3.05, 3.63) is 30.1 Å². The van der Waals surface area contributed by atoms with Crippen molar-refractivity contribution in [2.45, 2.75) is 6.92 Å². The Kier molecular flexibility index (Phi) is 2.21. The third-order valence-corrected chi connectivity index (χ3v) is 2.14. The van der Waals surface area contributed by atoms with Gasteiger partial charge in [0.15, 0.2) is 0 Å². The van der Waals surface area contributed by atoms with Crippen molar-refractivity contribution < 1.29 is 0 Å². The van der Waals surface area contributed by atoms with Crippen molar-refractivity contribution in [1.29, 1.82) is 0 Å². The number of nitrogens with zero attached hydrogens (tertiary/aromatic N) is 3. The summed E-state index contributed by atoms with van der Waals surface area (Å²) in [7, 11) is 0. The summed E-state index contributed by atoms with van der Waals surface area (Å²) in [5.74, 6) is 0.582. The Labute approximate surface area is 87.2 Å². The van der Waals surface area contributed by atoms with Crippen molar-refractivity contribution in [2.24, 2.45) is 0 Å². The zero-order chi connectivity index (χ0) is 10.8. The third-order valence-electron chi connectivity index (χ3n) is 2.14. The molecule has 5 nitrogen and oxygen atoms in total. The highest BCUT2D eigenvalue weighted by Gasteiger charge is 2.08. The lowest BCUT2D eigenvalue weighted by atomic mass is 10.1. The zero-order valence-electron chi connectivity index (χ0n) is 8.31. The molecule has 0 bridgehead atoms. The molecule has 2 aromatic heterocycles. The molecular formula is C10H11N5. The van der Waals surface area contributed by atoms with Gasteiger partial charge in [-0.2, -0.15) is 4.98 Å². The number of hydrogen-bond donors (Lipinski definition) is 2. The normalized spacial score (nSPS) is 10.2. The number of anilines is 2. The molecule has 0 unspecified atom stereocenters. The van der Waals surface area contributed by atoms with Gasteiger partial charge in [-0.15, -0.1) is 0 Å². The van der Waals surface area contributed by atoms with Crippen molar-refractivity contribution in [3.63, 3.8) is 0 Å². The van der Waals surface area contributed by atoms with Crippen molar-refractivity contribution in [3.8, 4) is 11.3 Å². The van der Waals surface area contributed by atoms with Crippen molar-refractivity contribution in [2.75, 3.05) is 11.5 Å². The molecule has 2 heterocycles. The van der Waals surface area contributed by atoms with E-state index in [1.807, 2.05) is 19.1 Å². The molecule has 0 amide bonds. The fourth-order valence-electron chi connectivity index (χ4n) is 1.34. The van der Waals surface area contributed by atoms with Crippen molar-refractivity contribution >= 4 is 11.8 Å². The largest absolute Gasteiger partial charge is 0.383 e. The summed E-state index contributed by atoms with van der Waals surface area (Å²) in [5.41, 5.74) is 13.7. The summed E-state index contributed by atoms with van der Waals surface area (Å²) < 4.78 is 0. The van der Waals surface area contributed by atoms with E-state index in [1.54, 1.807) is 12.4 Å². The van der Waals surface area contributed by atoms with Crippen LogP contribution in [0.1, 0.15) is 5.56 Å². The highest BCUT2D eigenvalue weighted by molar-refractivity contribution is 5.67. The van der Waals surface area contributed by atoms with Gasteiger partial charge in [0.25, 0.3) is 0 Å². The van der Waals surface area contributed by atoms with Gasteiger partial charge < -0.3 is 11.5 Å². The minimum absolute atomic E-state index is 0.178. The molecule has 4 N–H and O–H groups in total. The van der Waals surface area contributed by atoms with E-state index in [4.69, 9.17) is 11.5 Å². The first-order valence-corrected chi connectivity index (χ1v) is 4.48. The second-order valence-electron chi connectivity index (χ2n) is 3.18. The molecular weight excluding hydrogens is 190 g/mol. The third kappa shape index (κ3) is 1.71. The molecule has 0 aromatic carbocycles. The summed E-state index contributed by atoms with van der Waals surface area (Å²) in [6, 6.07) is 3.74. The predicted molar refractivity (Wildman–Crippen MR) is 58.8 cm³/mol. The van der Waals surface area contributed by atoms with Crippen LogP contribution in [0.2, 0.25) is 0 Å². The molecule has 0 aliphatic heterocycles. The summed E-state index contributed by atoms with van der Waals surface area (Å²) in [4.78, 5) is 12.1. The predicted octanol–water partition coefficient (Wildman–Crippen LogP) is 1.01. The van der Waals surface area contributed by atoms with Crippen LogP contribution in [0.5, 0.6) is 0 Å². The van der Waals surface area contributed by atoms with E-state index < -0.39 is 0 Å². The molecule has 15 heavy (non-hydrogen) atoms. The van der Waals surface area contributed by atoms with Crippen LogP contribution in [0, 0.1) is 6.92 Å². The minimum atomic E-state index is 0.178. The Morgan fingerprint density at radius 2 is 2.00 bits per heavy atom. The van der Waals surface area contributed by atoms with E-state index in [0.717, 1.165) is 16.8 Å². The van der Waals surface area contributed by atoms with E-state index in [1.165, 1.54) is 0 Å². The molecule has 5 heteroatoms. The molecule has 0 aliphatic rings. The van der Waals surface area contributed by atoms with Crippen LogP contribution >= 0.6 is 0 Å². The Bertz CT molecular complexity index is 481. The molecule has 2 rings (SSSR count). The fourth-order valence-corrected chi connectivity index (χ4v) is 1.34. The Morgan fingerprint density at radius 1 is 1.20 bits per heavy atom. The summed E-state index contributed by atoms with van der Waals surface area (Å²) in [6.07, 6.45) is 3.42.